The van der Waals surface area contributed by atoms with Gasteiger partial charge in [0.05, 0.1) is 0 Å². The van der Waals surface area contributed by atoms with E-state index in [2.05, 4.69) is 10.3 Å². The van der Waals surface area contributed by atoms with Gasteiger partial charge in [-0.3, -0.25) is 4.79 Å². The SMILES string of the molecule is O=C(NCc1ccc2c(c1)OCO2)c1coc(COc2cccc(F)c2)n1. The highest BCUT2D eigenvalue weighted by Gasteiger charge is 2.15. The van der Waals surface area contributed by atoms with Gasteiger partial charge in [-0.25, -0.2) is 9.37 Å². The van der Waals surface area contributed by atoms with Gasteiger partial charge in [0.15, 0.2) is 23.8 Å². The van der Waals surface area contributed by atoms with Crippen LogP contribution in [0, 0.1) is 5.82 Å². The molecule has 2 aromatic carbocycles. The first-order valence-electron chi connectivity index (χ1n) is 8.17. The van der Waals surface area contributed by atoms with Gasteiger partial charge in [0.25, 0.3) is 5.91 Å². The smallest absolute Gasteiger partial charge is 0.273 e. The maximum atomic E-state index is 13.1. The molecule has 1 aliphatic heterocycles. The van der Waals surface area contributed by atoms with Gasteiger partial charge >= 0.3 is 0 Å². The van der Waals surface area contributed by atoms with Crippen molar-refractivity contribution in [2.45, 2.75) is 13.2 Å². The number of fused-ring (bicyclic) bond motifs is 1. The Morgan fingerprint density at radius 1 is 1.19 bits per heavy atom. The lowest BCUT2D eigenvalue weighted by Gasteiger charge is -2.04. The van der Waals surface area contributed by atoms with Crippen molar-refractivity contribution >= 4 is 5.91 Å². The molecule has 4 rings (SSSR count). The maximum absolute atomic E-state index is 13.1. The van der Waals surface area contributed by atoms with Crippen LogP contribution in [0.4, 0.5) is 4.39 Å². The first-order chi connectivity index (χ1) is 13.2. The van der Waals surface area contributed by atoms with Crippen LogP contribution in [0.5, 0.6) is 17.2 Å². The number of hydrogen-bond acceptors (Lipinski definition) is 6. The molecule has 0 atom stereocenters. The van der Waals surface area contributed by atoms with E-state index in [1.54, 1.807) is 12.1 Å². The minimum atomic E-state index is -0.400. The minimum Gasteiger partial charge on any atom is -0.484 e. The van der Waals surface area contributed by atoms with Crippen molar-refractivity contribution in [1.29, 1.82) is 0 Å². The fourth-order valence-corrected chi connectivity index (χ4v) is 2.51. The second-order valence-corrected chi connectivity index (χ2v) is 5.74. The number of benzene rings is 2. The Morgan fingerprint density at radius 2 is 2.07 bits per heavy atom. The number of carbonyl (C=O) groups excluding carboxylic acids is 1. The van der Waals surface area contributed by atoms with Crippen LogP contribution in [0.3, 0.4) is 0 Å². The number of ether oxygens (including phenoxy) is 3. The van der Waals surface area contributed by atoms with Gasteiger partial charge in [0.2, 0.25) is 12.7 Å². The molecule has 0 saturated heterocycles. The summed E-state index contributed by atoms with van der Waals surface area (Å²) in [6, 6.07) is 11.2. The molecule has 0 fully saturated rings. The summed E-state index contributed by atoms with van der Waals surface area (Å²) in [4.78, 5) is 16.3. The van der Waals surface area contributed by atoms with Gasteiger partial charge in [-0.1, -0.05) is 12.1 Å². The largest absolute Gasteiger partial charge is 0.484 e. The van der Waals surface area contributed by atoms with E-state index in [-0.39, 0.29) is 30.9 Å². The average molecular weight is 370 g/mol. The number of hydrogen-bond donors (Lipinski definition) is 1. The number of oxazole rings is 1. The highest BCUT2D eigenvalue weighted by Crippen LogP contribution is 2.32. The standard InChI is InChI=1S/C19H15FN2O5/c20-13-2-1-3-14(7-13)24-10-18-22-15(9-25-18)19(23)21-8-12-4-5-16-17(6-12)27-11-26-16/h1-7,9H,8,10-11H2,(H,21,23). The number of aromatic nitrogens is 1. The maximum Gasteiger partial charge on any atom is 0.273 e. The molecule has 138 valence electrons. The molecule has 0 spiro atoms. The fourth-order valence-electron chi connectivity index (χ4n) is 2.51. The average Bonchev–Trinajstić information content (AvgIpc) is 3.33. The Bertz CT molecular complexity index is 972. The molecule has 1 N–H and O–H groups in total. The van der Waals surface area contributed by atoms with Crippen LogP contribution in [-0.2, 0) is 13.2 Å². The summed E-state index contributed by atoms with van der Waals surface area (Å²) in [5, 5.41) is 2.75. The molecular weight excluding hydrogens is 355 g/mol. The van der Waals surface area contributed by atoms with E-state index in [1.807, 2.05) is 12.1 Å². The molecule has 1 amide bonds. The van der Waals surface area contributed by atoms with E-state index in [4.69, 9.17) is 18.6 Å². The third-order valence-corrected chi connectivity index (χ3v) is 3.83. The topological polar surface area (TPSA) is 82.8 Å². The van der Waals surface area contributed by atoms with Crippen molar-refractivity contribution in [3.05, 3.63) is 71.7 Å². The van der Waals surface area contributed by atoms with Crippen molar-refractivity contribution < 1.29 is 27.8 Å². The van der Waals surface area contributed by atoms with Crippen LogP contribution in [0.2, 0.25) is 0 Å². The van der Waals surface area contributed by atoms with Gasteiger partial charge in [-0.05, 0) is 29.8 Å². The number of halogens is 1. The molecule has 2 heterocycles. The third kappa shape index (κ3) is 4.00. The van der Waals surface area contributed by atoms with E-state index >= 15 is 0 Å². The van der Waals surface area contributed by atoms with Crippen LogP contribution in [0.15, 0.2) is 53.1 Å². The van der Waals surface area contributed by atoms with Gasteiger partial charge in [0, 0.05) is 12.6 Å². The number of carbonyl (C=O) groups is 1. The van der Waals surface area contributed by atoms with Crippen molar-refractivity contribution in [2.24, 2.45) is 0 Å². The molecule has 3 aromatic rings. The molecule has 1 aromatic heterocycles. The van der Waals surface area contributed by atoms with Gasteiger partial charge < -0.3 is 23.9 Å². The van der Waals surface area contributed by atoms with Crippen LogP contribution in [-0.4, -0.2) is 17.7 Å². The summed E-state index contributed by atoms with van der Waals surface area (Å²) in [5.41, 5.74) is 0.999. The third-order valence-electron chi connectivity index (χ3n) is 3.83. The van der Waals surface area contributed by atoms with Crippen molar-refractivity contribution in [2.75, 3.05) is 6.79 Å². The molecule has 0 saturated carbocycles. The molecule has 1 aliphatic rings. The number of nitrogens with one attached hydrogen (secondary N) is 1. The van der Waals surface area contributed by atoms with Crippen LogP contribution in [0.1, 0.15) is 21.9 Å². The summed E-state index contributed by atoms with van der Waals surface area (Å²) in [7, 11) is 0. The minimum absolute atomic E-state index is 0.0150. The van der Waals surface area contributed by atoms with E-state index in [1.165, 1.54) is 24.5 Å². The zero-order chi connectivity index (χ0) is 18.6. The lowest BCUT2D eigenvalue weighted by atomic mass is 10.2. The Morgan fingerprint density at radius 3 is 2.96 bits per heavy atom. The zero-order valence-corrected chi connectivity index (χ0v) is 14.1. The number of amides is 1. The quantitative estimate of drug-likeness (QED) is 0.718. The molecule has 8 heteroatoms. The Balaban J connectivity index is 1.32. The summed E-state index contributed by atoms with van der Waals surface area (Å²) in [6.45, 7) is 0.487. The second kappa shape index (κ2) is 7.36. The Labute approximate surface area is 153 Å². The molecule has 7 nitrogen and oxygen atoms in total. The molecule has 0 radical (unpaired) electrons. The van der Waals surface area contributed by atoms with Gasteiger partial charge in [-0.2, -0.15) is 0 Å². The van der Waals surface area contributed by atoms with Gasteiger partial charge in [-0.15, -0.1) is 0 Å². The van der Waals surface area contributed by atoms with E-state index in [0.717, 1.165) is 5.56 Å². The van der Waals surface area contributed by atoms with Crippen LogP contribution in [0.25, 0.3) is 0 Å². The summed E-state index contributed by atoms with van der Waals surface area (Å²) >= 11 is 0. The highest BCUT2D eigenvalue weighted by molar-refractivity contribution is 5.91. The normalized spacial score (nSPS) is 12.0. The highest BCUT2D eigenvalue weighted by atomic mass is 19.1. The van der Waals surface area contributed by atoms with E-state index < -0.39 is 5.82 Å². The number of nitrogens with zero attached hydrogens (tertiary/aromatic N) is 1. The van der Waals surface area contributed by atoms with Gasteiger partial charge in [0.1, 0.15) is 17.8 Å². The molecule has 27 heavy (non-hydrogen) atoms. The van der Waals surface area contributed by atoms with Crippen LogP contribution >= 0.6 is 0 Å². The van der Waals surface area contributed by atoms with Crippen molar-refractivity contribution in [3.63, 3.8) is 0 Å². The number of rotatable bonds is 6. The zero-order valence-electron chi connectivity index (χ0n) is 14.1. The monoisotopic (exact) mass is 370 g/mol. The fraction of sp³-hybridized carbons (Fsp3) is 0.158. The van der Waals surface area contributed by atoms with Crippen molar-refractivity contribution in [3.8, 4) is 17.2 Å². The first kappa shape index (κ1) is 16.9. The molecule has 0 aliphatic carbocycles. The predicted octanol–water partition coefficient (Wildman–Crippen LogP) is 3.05. The lowest BCUT2D eigenvalue weighted by Crippen LogP contribution is -2.23. The van der Waals surface area contributed by atoms with E-state index in [9.17, 15) is 9.18 Å². The lowest BCUT2D eigenvalue weighted by molar-refractivity contribution is 0.0945. The summed E-state index contributed by atoms with van der Waals surface area (Å²) in [5.74, 6) is 1.12. The van der Waals surface area contributed by atoms with Crippen LogP contribution < -0.4 is 19.5 Å². The van der Waals surface area contributed by atoms with E-state index in [0.29, 0.717) is 23.8 Å². The Hall–Kier alpha value is -3.55. The molecular formula is C19H15FN2O5. The second-order valence-electron chi connectivity index (χ2n) is 5.74. The molecule has 0 bridgehead atoms. The summed E-state index contributed by atoms with van der Waals surface area (Å²) < 4.78 is 34.3. The molecule has 0 unspecified atom stereocenters. The first-order valence-corrected chi connectivity index (χ1v) is 8.17. The Kier molecular flexibility index (Phi) is 4.61. The summed E-state index contributed by atoms with van der Waals surface area (Å²) in [6.07, 6.45) is 1.25. The van der Waals surface area contributed by atoms with Crippen molar-refractivity contribution in [1.82, 2.24) is 10.3 Å². The predicted molar refractivity (Wildman–Crippen MR) is 91.0 cm³/mol.